The van der Waals surface area contributed by atoms with Crippen molar-refractivity contribution in [1.29, 1.82) is 0 Å². The predicted octanol–water partition coefficient (Wildman–Crippen LogP) is 4.68. The average molecular weight is 566 g/mol. The number of amides is 1. The lowest BCUT2D eigenvalue weighted by molar-refractivity contribution is 0.0873. The van der Waals surface area contributed by atoms with E-state index in [4.69, 9.17) is 32.7 Å². The number of aromatic amines is 1. The molecular weight excluding hydrogens is 541 g/mol. The topological polar surface area (TPSA) is 133 Å². The van der Waals surface area contributed by atoms with Gasteiger partial charge in [-0.1, -0.05) is 42.8 Å². The van der Waals surface area contributed by atoms with Crippen LogP contribution < -0.4 is 21.5 Å². The third-order valence-corrected chi connectivity index (χ3v) is 7.73. The van der Waals surface area contributed by atoms with E-state index >= 15 is 0 Å². The Labute approximate surface area is 221 Å². The molecule has 0 aliphatic heterocycles. The highest BCUT2D eigenvalue weighted by molar-refractivity contribution is 6.76. The highest BCUT2D eigenvalue weighted by atomic mass is 35.5. The lowest BCUT2D eigenvalue weighted by Crippen LogP contribution is -2.25. The molecule has 11 nitrogen and oxygen atoms in total. The van der Waals surface area contributed by atoms with Crippen LogP contribution in [-0.4, -0.2) is 39.9 Å². The number of carbonyl (C=O) groups is 1. The maximum absolute atomic E-state index is 12.8. The zero-order valence-electron chi connectivity index (χ0n) is 20.6. The van der Waals surface area contributed by atoms with Crippen molar-refractivity contribution in [3.8, 4) is 11.5 Å². The summed E-state index contributed by atoms with van der Waals surface area (Å²) in [7, 11) is 0.439. The molecule has 0 atom stereocenters. The van der Waals surface area contributed by atoms with Crippen molar-refractivity contribution >= 4 is 53.9 Å². The fourth-order valence-electron chi connectivity index (χ4n) is 3.48. The molecule has 0 spiro atoms. The summed E-state index contributed by atoms with van der Waals surface area (Å²) in [4.78, 5) is 38.2. The van der Waals surface area contributed by atoms with E-state index in [1.54, 1.807) is 29.8 Å². The molecule has 2 heterocycles. The second-order valence-electron chi connectivity index (χ2n) is 9.54. The van der Waals surface area contributed by atoms with Gasteiger partial charge in [-0.2, -0.15) is 0 Å². The second kappa shape index (κ2) is 10.6. The highest BCUT2D eigenvalue weighted by Crippen LogP contribution is 2.39. The fourth-order valence-corrected chi connectivity index (χ4v) is 4.80. The molecule has 0 bridgehead atoms. The first-order valence-electron chi connectivity index (χ1n) is 11.2. The number of ether oxygens (including phenoxy) is 2. The third-order valence-electron chi connectivity index (χ3n) is 5.47. The fraction of sp³-hybridized carbons (Fsp3) is 0.304. The third kappa shape index (κ3) is 6.16. The van der Waals surface area contributed by atoms with Gasteiger partial charge in [-0.15, -0.1) is 0 Å². The zero-order valence-corrected chi connectivity index (χ0v) is 23.1. The number of anilines is 1. The molecule has 0 unspecified atom stereocenters. The van der Waals surface area contributed by atoms with E-state index in [2.05, 4.69) is 39.6 Å². The lowest BCUT2D eigenvalue weighted by Gasteiger charge is -2.15. The number of nitrogens with zero attached hydrogens (tertiary/aromatic N) is 3. The van der Waals surface area contributed by atoms with E-state index in [9.17, 15) is 14.4 Å². The van der Waals surface area contributed by atoms with Crippen LogP contribution >= 0.6 is 23.2 Å². The molecule has 0 saturated heterocycles. The molecule has 0 fully saturated rings. The average Bonchev–Trinajstić information content (AvgIpc) is 3.35. The van der Waals surface area contributed by atoms with Crippen LogP contribution in [0, 0.1) is 0 Å². The molecule has 0 aliphatic carbocycles. The van der Waals surface area contributed by atoms with Crippen LogP contribution in [-0.2, 0) is 18.5 Å². The van der Waals surface area contributed by atoms with Crippen LogP contribution in [0.4, 0.5) is 5.69 Å². The summed E-state index contributed by atoms with van der Waals surface area (Å²) < 4.78 is 19.1. The van der Waals surface area contributed by atoms with Crippen LogP contribution in [0.5, 0.6) is 11.5 Å². The minimum absolute atomic E-state index is 0.124. The molecule has 1 amide bonds. The Bertz CT molecular complexity index is 1560. The molecule has 0 saturated carbocycles. The van der Waals surface area contributed by atoms with Crippen molar-refractivity contribution < 1.29 is 18.8 Å². The number of aromatic nitrogens is 4. The molecule has 2 aromatic carbocycles. The SMILES string of the molecule is Cn1c(=O)n(COCC[Si](C)(C)C)c2ccc(Oc3c(Cl)cc(NC(=O)c4noc(=O)[nH]4)cc3Cl)cc21. The Balaban J connectivity index is 1.52. The molecule has 2 N–H and O–H groups in total. The first-order chi connectivity index (χ1) is 17.4. The number of hydrogen-bond acceptors (Lipinski definition) is 7. The Morgan fingerprint density at radius 3 is 2.46 bits per heavy atom. The van der Waals surface area contributed by atoms with Crippen molar-refractivity contribution in [3.05, 3.63) is 67.2 Å². The van der Waals surface area contributed by atoms with Crippen LogP contribution in [0.15, 0.2) is 44.4 Å². The smallest absolute Gasteiger partial charge is 0.439 e. The predicted molar refractivity (Wildman–Crippen MR) is 143 cm³/mol. The van der Waals surface area contributed by atoms with Gasteiger partial charge in [0, 0.05) is 33.5 Å². The number of hydrogen-bond donors (Lipinski definition) is 2. The van der Waals surface area contributed by atoms with Gasteiger partial charge in [-0.25, -0.2) is 9.59 Å². The van der Waals surface area contributed by atoms with E-state index in [0.717, 1.165) is 6.04 Å². The van der Waals surface area contributed by atoms with E-state index in [1.165, 1.54) is 16.7 Å². The summed E-state index contributed by atoms with van der Waals surface area (Å²) in [5.74, 6) is -1.31. The molecular formula is C23H25Cl2N5O6Si. The second-order valence-corrected chi connectivity index (χ2v) is 16.0. The molecule has 0 aliphatic rings. The van der Waals surface area contributed by atoms with Crippen LogP contribution in [0.3, 0.4) is 0 Å². The largest absolute Gasteiger partial charge is 0.454 e. The molecule has 14 heteroatoms. The number of fused-ring (bicyclic) bond motifs is 1. The van der Waals surface area contributed by atoms with Gasteiger partial charge in [0.15, 0.2) is 5.75 Å². The summed E-state index contributed by atoms with van der Waals surface area (Å²) in [6, 6.07) is 9.04. The summed E-state index contributed by atoms with van der Waals surface area (Å²) >= 11 is 12.7. The van der Waals surface area contributed by atoms with E-state index < -0.39 is 19.7 Å². The first-order valence-corrected chi connectivity index (χ1v) is 15.7. The summed E-state index contributed by atoms with van der Waals surface area (Å²) in [6.07, 6.45) is 0. The van der Waals surface area contributed by atoms with Gasteiger partial charge in [0.25, 0.3) is 5.91 Å². The number of rotatable bonds is 9. The molecule has 37 heavy (non-hydrogen) atoms. The van der Waals surface area contributed by atoms with Gasteiger partial charge in [0.1, 0.15) is 12.5 Å². The van der Waals surface area contributed by atoms with Crippen LogP contribution in [0.25, 0.3) is 11.0 Å². The van der Waals surface area contributed by atoms with Crippen molar-refractivity contribution in [2.24, 2.45) is 7.05 Å². The maximum atomic E-state index is 12.8. The van der Waals surface area contributed by atoms with Gasteiger partial charge in [-0.3, -0.25) is 23.4 Å². The maximum Gasteiger partial charge on any atom is 0.439 e. The van der Waals surface area contributed by atoms with Crippen molar-refractivity contribution in [2.45, 2.75) is 32.4 Å². The van der Waals surface area contributed by atoms with Crippen LogP contribution in [0.2, 0.25) is 35.7 Å². The van der Waals surface area contributed by atoms with Crippen molar-refractivity contribution in [2.75, 3.05) is 11.9 Å². The monoisotopic (exact) mass is 565 g/mol. The number of benzene rings is 2. The summed E-state index contributed by atoms with van der Waals surface area (Å²) in [5, 5.41) is 6.08. The molecule has 4 aromatic rings. The van der Waals surface area contributed by atoms with Crippen molar-refractivity contribution in [3.63, 3.8) is 0 Å². The van der Waals surface area contributed by atoms with Gasteiger partial charge in [0.2, 0.25) is 5.82 Å². The van der Waals surface area contributed by atoms with Gasteiger partial charge in [-0.05, 0) is 35.5 Å². The standard InChI is InChI=1S/C23H25Cl2N5O6Si/c1-29-18-11-14(5-6-17(18)30(23(29)33)12-34-7-8-37(2,3)4)35-19-15(24)9-13(10-16(19)25)26-21(31)20-27-22(32)36-28-20/h5-6,9-11H,7-8,12H2,1-4H3,(H,26,31)(H,27,28,32). The summed E-state index contributed by atoms with van der Waals surface area (Å²) in [5.41, 5.74) is 1.40. The minimum atomic E-state index is -1.23. The zero-order chi connectivity index (χ0) is 26.9. The van der Waals surface area contributed by atoms with Crippen LogP contribution in [0.1, 0.15) is 10.6 Å². The minimum Gasteiger partial charge on any atom is -0.454 e. The number of imidazole rings is 1. The number of halogens is 2. The van der Waals surface area contributed by atoms with E-state index in [0.29, 0.717) is 23.4 Å². The quantitative estimate of drug-likeness (QED) is 0.222. The Kier molecular flexibility index (Phi) is 7.64. The first kappa shape index (κ1) is 26.7. The Morgan fingerprint density at radius 2 is 1.84 bits per heavy atom. The number of carbonyl (C=O) groups excluding carboxylic acids is 1. The van der Waals surface area contributed by atoms with Gasteiger partial charge in [0.05, 0.1) is 21.1 Å². The van der Waals surface area contributed by atoms with E-state index in [-0.39, 0.29) is 39.7 Å². The molecule has 2 aromatic heterocycles. The Hall–Kier alpha value is -3.32. The molecule has 4 rings (SSSR count). The normalized spacial score (nSPS) is 11.7. The van der Waals surface area contributed by atoms with Gasteiger partial charge < -0.3 is 14.8 Å². The Morgan fingerprint density at radius 1 is 1.14 bits per heavy atom. The number of nitrogens with one attached hydrogen (secondary N) is 2. The lowest BCUT2D eigenvalue weighted by atomic mass is 10.2. The van der Waals surface area contributed by atoms with Gasteiger partial charge >= 0.3 is 11.4 Å². The molecule has 196 valence electrons. The molecule has 0 radical (unpaired) electrons. The summed E-state index contributed by atoms with van der Waals surface area (Å²) in [6.45, 7) is 7.57. The number of aryl methyl sites for hydroxylation is 1. The van der Waals surface area contributed by atoms with Crippen molar-refractivity contribution in [1.82, 2.24) is 19.3 Å². The van der Waals surface area contributed by atoms with E-state index in [1.807, 2.05) is 0 Å². The highest BCUT2D eigenvalue weighted by Gasteiger charge is 2.18. The number of H-pyrrole nitrogens is 1.